The quantitative estimate of drug-likeness (QED) is 0.390. The number of imide groups is 1. The van der Waals surface area contributed by atoms with Crippen molar-refractivity contribution in [2.24, 2.45) is 35.5 Å². The Kier molecular flexibility index (Phi) is 5.09. The number of carbonyl (C=O) groups is 4. The van der Waals surface area contributed by atoms with Crippen molar-refractivity contribution in [1.82, 2.24) is 0 Å². The Labute approximate surface area is 203 Å². The van der Waals surface area contributed by atoms with Crippen LogP contribution >= 0.6 is 0 Å². The summed E-state index contributed by atoms with van der Waals surface area (Å²) in [5.74, 6) is -0.218. The maximum atomic E-state index is 13.4. The molecule has 6 atom stereocenters. The van der Waals surface area contributed by atoms with Gasteiger partial charge in [0.2, 0.25) is 11.8 Å². The van der Waals surface area contributed by atoms with Crippen LogP contribution in [0.3, 0.4) is 0 Å². The summed E-state index contributed by atoms with van der Waals surface area (Å²) in [5, 5.41) is 2.80. The van der Waals surface area contributed by atoms with Gasteiger partial charge in [-0.3, -0.25) is 14.4 Å². The largest absolute Gasteiger partial charge is 0.462 e. The van der Waals surface area contributed by atoms with Crippen LogP contribution in [0.4, 0.5) is 11.4 Å². The van der Waals surface area contributed by atoms with Crippen LogP contribution in [0.1, 0.15) is 40.5 Å². The molecule has 3 fully saturated rings. The maximum absolute atomic E-state index is 13.4. The van der Waals surface area contributed by atoms with E-state index >= 15 is 0 Å². The number of nitrogens with one attached hydrogen (secondary N) is 1. The van der Waals surface area contributed by atoms with Crippen LogP contribution in [0, 0.1) is 35.5 Å². The van der Waals surface area contributed by atoms with Crippen molar-refractivity contribution < 1.29 is 23.9 Å². The first-order valence-corrected chi connectivity index (χ1v) is 12.2. The first-order valence-electron chi connectivity index (χ1n) is 12.2. The molecule has 2 saturated carbocycles. The number of hydrogen-bond donors (Lipinski definition) is 1. The minimum atomic E-state index is -0.404. The lowest BCUT2D eigenvalue weighted by molar-refractivity contribution is -0.124. The highest BCUT2D eigenvalue weighted by molar-refractivity contribution is 6.23. The van der Waals surface area contributed by atoms with Gasteiger partial charge in [0, 0.05) is 11.3 Å². The topological polar surface area (TPSA) is 92.8 Å². The number of nitrogens with zero attached hydrogens (tertiary/aromatic N) is 1. The summed E-state index contributed by atoms with van der Waals surface area (Å²) in [6.45, 7) is 2.28. The van der Waals surface area contributed by atoms with Crippen molar-refractivity contribution in [2.75, 3.05) is 16.8 Å². The summed E-state index contributed by atoms with van der Waals surface area (Å²) in [6.07, 6.45) is 6.15. The molecule has 4 aliphatic carbocycles. The molecule has 0 spiro atoms. The Morgan fingerprint density at radius 2 is 1.60 bits per heavy atom. The van der Waals surface area contributed by atoms with Gasteiger partial charge in [0.05, 0.1) is 29.7 Å². The Hall–Kier alpha value is -3.74. The predicted octanol–water partition coefficient (Wildman–Crippen LogP) is 4.06. The molecule has 5 aliphatic rings. The average molecular weight is 471 g/mol. The summed E-state index contributed by atoms with van der Waals surface area (Å²) >= 11 is 0. The molecule has 2 bridgehead atoms. The van der Waals surface area contributed by atoms with Crippen molar-refractivity contribution in [3.05, 3.63) is 71.8 Å². The van der Waals surface area contributed by atoms with E-state index < -0.39 is 5.97 Å². The Bertz CT molecular complexity index is 1230. The molecule has 178 valence electrons. The Morgan fingerprint density at radius 1 is 0.943 bits per heavy atom. The van der Waals surface area contributed by atoms with E-state index in [2.05, 4.69) is 17.5 Å². The lowest BCUT2D eigenvalue weighted by Gasteiger charge is -2.37. The number of hydrogen-bond acceptors (Lipinski definition) is 5. The third-order valence-corrected chi connectivity index (χ3v) is 7.85. The molecule has 1 N–H and O–H groups in total. The lowest BCUT2D eigenvalue weighted by Crippen LogP contribution is -2.40. The van der Waals surface area contributed by atoms with E-state index in [1.165, 1.54) is 4.90 Å². The molecule has 1 saturated heterocycles. The zero-order valence-electron chi connectivity index (χ0n) is 19.3. The summed E-state index contributed by atoms with van der Waals surface area (Å²) in [6, 6.07) is 13.1. The van der Waals surface area contributed by atoms with E-state index in [0.717, 1.165) is 12.8 Å². The van der Waals surface area contributed by atoms with E-state index in [4.69, 9.17) is 4.74 Å². The van der Waals surface area contributed by atoms with E-state index in [9.17, 15) is 19.2 Å². The van der Waals surface area contributed by atoms with Crippen LogP contribution in [0.25, 0.3) is 0 Å². The molecule has 7 nitrogen and oxygen atoms in total. The number of amides is 3. The molecule has 7 rings (SSSR count). The number of allylic oxidation sites excluding steroid dienone is 2. The first kappa shape index (κ1) is 21.8. The Balaban J connectivity index is 1.18. The van der Waals surface area contributed by atoms with E-state index in [1.807, 2.05) is 6.92 Å². The van der Waals surface area contributed by atoms with Gasteiger partial charge in [0.1, 0.15) is 0 Å². The van der Waals surface area contributed by atoms with E-state index in [1.54, 1.807) is 48.5 Å². The molecule has 2 aromatic rings. The molecular formula is C28H26N2O5. The molecule has 7 heteroatoms. The maximum Gasteiger partial charge on any atom is 0.338 e. The predicted molar refractivity (Wildman–Crippen MR) is 129 cm³/mol. The number of anilines is 2. The average Bonchev–Trinajstić information content (AvgIpc) is 3.66. The fourth-order valence-corrected chi connectivity index (χ4v) is 6.17. The van der Waals surface area contributed by atoms with Gasteiger partial charge in [-0.1, -0.05) is 25.1 Å². The number of esters is 1. The Morgan fingerprint density at radius 3 is 2.23 bits per heavy atom. The molecule has 1 aliphatic heterocycles. The van der Waals surface area contributed by atoms with Crippen molar-refractivity contribution in [3.8, 4) is 0 Å². The highest BCUT2D eigenvalue weighted by atomic mass is 16.5. The number of benzene rings is 2. The second-order valence-corrected chi connectivity index (χ2v) is 9.88. The van der Waals surface area contributed by atoms with Crippen LogP contribution in [0.5, 0.6) is 0 Å². The van der Waals surface area contributed by atoms with Crippen molar-refractivity contribution >= 4 is 35.1 Å². The monoisotopic (exact) mass is 470 g/mol. The van der Waals surface area contributed by atoms with Crippen molar-refractivity contribution in [2.45, 2.75) is 19.8 Å². The van der Waals surface area contributed by atoms with Gasteiger partial charge >= 0.3 is 5.97 Å². The van der Waals surface area contributed by atoms with Crippen molar-refractivity contribution in [3.63, 3.8) is 0 Å². The lowest BCUT2D eigenvalue weighted by atomic mass is 9.63. The van der Waals surface area contributed by atoms with Gasteiger partial charge in [-0.15, -0.1) is 0 Å². The van der Waals surface area contributed by atoms with Gasteiger partial charge in [-0.05, 0) is 79.0 Å². The summed E-state index contributed by atoms with van der Waals surface area (Å²) in [4.78, 5) is 52.9. The summed E-state index contributed by atoms with van der Waals surface area (Å²) in [5.41, 5.74) is 1.71. The zero-order valence-corrected chi connectivity index (χ0v) is 19.3. The highest BCUT2D eigenvalue weighted by Gasteiger charge is 2.67. The van der Waals surface area contributed by atoms with Gasteiger partial charge in [-0.2, -0.15) is 0 Å². The second-order valence-electron chi connectivity index (χ2n) is 9.88. The second kappa shape index (κ2) is 8.18. The SMILES string of the molecule is CCCOC(=O)c1ccc(NC(=O)c2cccc(N3C(=O)[C@@H]4[C@H]5C=C[C@@H]([C@@H]6C[C@H]56)[C@@H]4C3=O)c2)cc1. The van der Waals surface area contributed by atoms with Crippen molar-refractivity contribution in [1.29, 1.82) is 0 Å². The summed E-state index contributed by atoms with van der Waals surface area (Å²) < 4.78 is 5.12. The third-order valence-electron chi connectivity index (χ3n) is 7.85. The van der Waals surface area contributed by atoms with E-state index in [0.29, 0.717) is 40.9 Å². The molecule has 35 heavy (non-hydrogen) atoms. The minimum absolute atomic E-state index is 0.146. The number of carbonyl (C=O) groups excluding carboxylic acids is 4. The summed E-state index contributed by atoms with van der Waals surface area (Å²) in [7, 11) is 0. The van der Waals surface area contributed by atoms with Gasteiger partial charge in [-0.25, -0.2) is 9.69 Å². The van der Waals surface area contributed by atoms with Gasteiger partial charge < -0.3 is 10.1 Å². The molecule has 0 aromatic heterocycles. The molecule has 0 radical (unpaired) electrons. The minimum Gasteiger partial charge on any atom is -0.462 e. The molecule has 3 amide bonds. The third kappa shape index (κ3) is 3.49. The first-order chi connectivity index (χ1) is 17.0. The normalized spacial score (nSPS) is 29.6. The van der Waals surface area contributed by atoms with Crippen LogP contribution < -0.4 is 10.2 Å². The molecule has 0 unspecified atom stereocenters. The molecule has 2 aromatic carbocycles. The fraction of sp³-hybridized carbons (Fsp3) is 0.357. The molecular weight excluding hydrogens is 444 g/mol. The highest BCUT2D eigenvalue weighted by Crippen LogP contribution is 2.65. The van der Waals surface area contributed by atoms with Gasteiger partial charge in [0.25, 0.3) is 5.91 Å². The number of rotatable bonds is 6. The van der Waals surface area contributed by atoms with Crippen LogP contribution in [-0.2, 0) is 14.3 Å². The molecule has 1 heterocycles. The van der Waals surface area contributed by atoms with Crippen LogP contribution in [-0.4, -0.2) is 30.3 Å². The van der Waals surface area contributed by atoms with E-state index in [-0.39, 0.29) is 41.4 Å². The van der Waals surface area contributed by atoms with Gasteiger partial charge in [0.15, 0.2) is 0 Å². The van der Waals surface area contributed by atoms with Crippen LogP contribution in [0.2, 0.25) is 0 Å². The number of ether oxygens (including phenoxy) is 1. The van der Waals surface area contributed by atoms with Crippen LogP contribution in [0.15, 0.2) is 60.7 Å². The zero-order chi connectivity index (χ0) is 24.3. The standard InChI is InChI=1S/C28H26N2O5/c1-2-12-35-28(34)15-6-8-17(9-7-15)29-25(31)16-4-3-5-18(13-16)30-26(32)23-19-10-11-20(22-14-21(19)22)24(23)27(30)33/h3-11,13,19-24H,2,12,14H2,1H3,(H,29,31)/t19-,20-,21-,22+,23-,24+/m0/s1. The smallest absolute Gasteiger partial charge is 0.338 e. The fourth-order valence-electron chi connectivity index (χ4n) is 6.17.